The van der Waals surface area contributed by atoms with Crippen LogP contribution in [0, 0.1) is 5.41 Å². The van der Waals surface area contributed by atoms with Gasteiger partial charge in [-0.15, -0.1) is 0 Å². The number of amides is 1. The number of phenolic OH excluding ortho intramolecular Hbond substituents is 1. The lowest BCUT2D eigenvalue weighted by Crippen LogP contribution is -2.40. The number of azide groups is 1. The fraction of sp³-hybridized carbons (Fsp3) is 0.100. The van der Waals surface area contributed by atoms with Gasteiger partial charge in [0.15, 0.2) is 0 Å². The van der Waals surface area contributed by atoms with Crippen LogP contribution in [0.5, 0.6) is 5.75 Å². The summed E-state index contributed by atoms with van der Waals surface area (Å²) in [6.07, 6.45) is 1.74. The molecule has 1 aliphatic heterocycles. The van der Waals surface area contributed by atoms with Gasteiger partial charge in [-0.05, 0) is 35.4 Å². The lowest BCUT2D eigenvalue weighted by Gasteiger charge is -2.28. The van der Waals surface area contributed by atoms with Crippen molar-refractivity contribution in [2.45, 2.75) is 6.04 Å². The largest absolute Gasteiger partial charge is 0.508 e. The molecule has 1 amide bonds. The Morgan fingerprint density at radius 2 is 2.00 bits per heavy atom. The maximum atomic E-state index is 13.1. The topological polar surface area (TPSA) is 151 Å². The number of benzene rings is 2. The summed E-state index contributed by atoms with van der Waals surface area (Å²) in [5.41, 5.74) is 10.8. The molecule has 0 radical (unpaired) electrons. The van der Waals surface area contributed by atoms with E-state index in [-0.39, 0.29) is 29.7 Å². The minimum atomic E-state index is -0.543. The highest BCUT2D eigenvalue weighted by Gasteiger charge is 2.28. The number of carbonyl (C=O) groups excluding carboxylic acids is 1. The van der Waals surface area contributed by atoms with E-state index >= 15 is 0 Å². The minimum absolute atomic E-state index is 0.0551. The molecule has 1 aliphatic rings. The molecule has 29 heavy (non-hydrogen) atoms. The van der Waals surface area contributed by atoms with Gasteiger partial charge in [-0.3, -0.25) is 4.79 Å². The average Bonchev–Trinajstić information content (AvgIpc) is 2.75. The number of carbonyl (C=O) groups is 1. The lowest BCUT2D eigenvalue weighted by atomic mass is 9.92. The summed E-state index contributed by atoms with van der Waals surface area (Å²) in [6, 6.07) is 13.6. The van der Waals surface area contributed by atoms with E-state index in [1.54, 1.807) is 36.4 Å². The molecule has 0 spiro atoms. The zero-order chi connectivity index (χ0) is 21.0. The molecule has 1 heterocycles. The van der Waals surface area contributed by atoms with Gasteiger partial charge in [0.2, 0.25) is 0 Å². The van der Waals surface area contributed by atoms with Crippen LogP contribution in [0.3, 0.4) is 0 Å². The summed E-state index contributed by atoms with van der Waals surface area (Å²) in [5, 5.41) is 24.8. The van der Waals surface area contributed by atoms with Crippen molar-refractivity contribution in [1.29, 1.82) is 5.41 Å². The Morgan fingerprint density at radius 3 is 2.69 bits per heavy atom. The molecule has 146 valence electrons. The fourth-order valence-corrected chi connectivity index (χ4v) is 2.95. The molecular formula is C20H19N7O2. The summed E-state index contributed by atoms with van der Waals surface area (Å²) in [4.78, 5) is 15.7. The first-order valence-electron chi connectivity index (χ1n) is 8.65. The number of hydrogen-bond acceptors (Lipinski definition) is 6. The van der Waals surface area contributed by atoms with Crippen LogP contribution in [0.25, 0.3) is 16.0 Å². The van der Waals surface area contributed by atoms with Gasteiger partial charge in [0.05, 0.1) is 24.0 Å². The number of nitrogens with one attached hydrogen (secondary N) is 2. The van der Waals surface area contributed by atoms with E-state index in [9.17, 15) is 9.90 Å². The van der Waals surface area contributed by atoms with Crippen LogP contribution in [0.2, 0.25) is 0 Å². The molecule has 9 nitrogen and oxygen atoms in total. The summed E-state index contributed by atoms with van der Waals surface area (Å²) >= 11 is 0. The molecule has 2 aromatic carbocycles. The number of rotatable bonds is 6. The maximum absolute atomic E-state index is 13.1. The molecule has 0 bridgehead atoms. The normalized spacial score (nSPS) is 14.5. The minimum Gasteiger partial charge on any atom is -0.508 e. The van der Waals surface area contributed by atoms with Crippen LogP contribution in [0.4, 0.5) is 5.69 Å². The Morgan fingerprint density at radius 1 is 1.31 bits per heavy atom. The number of hydrazine groups is 1. The van der Waals surface area contributed by atoms with Gasteiger partial charge in [-0.2, -0.15) is 0 Å². The van der Waals surface area contributed by atoms with Crippen molar-refractivity contribution in [3.63, 3.8) is 0 Å². The Hall–Kier alpha value is -4.07. The Bertz CT molecular complexity index is 1050. The highest BCUT2D eigenvalue weighted by molar-refractivity contribution is 6.23. The molecule has 1 atom stereocenters. The van der Waals surface area contributed by atoms with Gasteiger partial charge >= 0.3 is 0 Å². The van der Waals surface area contributed by atoms with Crippen LogP contribution in [-0.4, -0.2) is 28.3 Å². The predicted octanol–water partition coefficient (Wildman–Crippen LogP) is 3.49. The Labute approximate surface area is 166 Å². The number of aromatic hydroxyl groups is 1. The summed E-state index contributed by atoms with van der Waals surface area (Å²) < 4.78 is 0. The summed E-state index contributed by atoms with van der Waals surface area (Å²) in [7, 11) is 0. The van der Waals surface area contributed by atoms with E-state index in [1.165, 1.54) is 0 Å². The van der Waals surface area contributed by atoms with Crippen molar-refractivity contribution in [3.8, 4) is 5.75 Å². The van der Waals surface area contributed by atoms with Gasteiger partial charge in [0.1, 0.15) is 5.75 Å². The predicted molar refractivity (Wildman–Crippen MR) is 111 cm³/mol. The number of nitrogens with zero attached hydrogens (tertiary/aromatic N) is 4. The Balaban J connectivity index is 1.96. The van der Waals surface area contributed by atoms with Crippen molar-refractivity contribution < 1.29 is 9.90 Å². The molecule has 9 heteroatoms. The third-order valence-electron chi connectivity index (χ3n) is 4.49. The number of para-hydroxylation sites is 1. The van der Waals surface area contributed by atoms with Gasteiger partial charge in [0, 0.05) is 21.7 Å². The number of anilines is 1. The summed E-state index contributed by atoms with van der Waals surface area (Å²) in [5.74, 6) is 5.54. The quantitative estimate of drug-likeness (QED) is 0.114. The van der Waals surface area contributed by atoms with Gasteiger partial charge in [0.25, 0.3) is 5.91 Å². The first kappa shape index (κ1) is 19.7. The second kappa shape index (κ2) is 8.30. The molecular weight excluding hydrogens is 370 g/mol. The second-order valence-electron chi connectivity index (χ2n) is 6.33. The van der Waals surface area contributed by atoms with Crippen molar-refractivity contribution in [3.05, 3.63) is 88.5 Å². The monoisotopic (exact) mass is 389 g/mol. The van der Waals surface area contributed by atoms with Crippen molar-refractivity contribution in [1.82, 2.24) is 5.01 Å². The zero-order valence-electron chi connectivity index (χ0n) is 15.4. The van der Waals surface area contributed by atoms with E-state index in [4.69, 9.17) is 16.8 Å². The number of hydrogen-bond donors (Lipinski definition) is 4. The van der Waals surface area contributed by atoms with E-state index < -0.39 is 5.91 Å². The lowest BCUT2D eigenvalue weighted by molar-refractivity contribution is -0.123. The van der Waals surface area contributed by atoms with Crippen molar-refractivity contribution >= 4 is 22.9 Å². The smallest absolute Gasteiger partial charge is 0.272 e. The highest BCUT2D eigenvalue weighted by atomic mass is 16.3. The van der Waals surface area contributed by atoms with Gasteiger partial charge in [-0.1, -0.05) is 42.0 Å². The summed E-state index contributed by atoms with van der Waals surface area (Å²) in [6.45, 7) is 3.41. The fourth-order valence-electron chi connectivity index (χ4n) is 2.95. The van der Waals surface area contributed by atoms with Crippen LogP contribution >= 0.6 is 0 Å². The van der Waals surface area contributed by atoms with Gasteiger partial charge in [-0.25, -0.2) is 10.9 Å². The van der Waals surface area contributed by atoms with E-state index in [0.717, 1.165) is 16.3 Å². The first-order chi connectivity index (χ1) is 13.9. The molecule has 1 unspecified atom stereocenters. The Kier molecular flexibility index (Phi) is 5.64. The standard InChI is InChI=1S/C20H19N7O2/c1-12(17(21)11-24-26-22)27(23)20(29)16-10-19(13-6-8-14(28)9-7-13)25-18-5-3-2-4-15(16)18/h2-10,19,21,25,28H,1,11,23H2. The SMILES string of the molecule is C=C(C(=N)CN=[N+]=[N-])N(N)C(=O)C1=CC(c2ccc(O)cc2)Nc2ccccc21. The molecule has 0 aromatic heterocycles. The highest BCUT2D eigenvalue weighted by Crippen LogP contribution is 2.36. The van der Waals surface area contributed by atoms with E-state index in [1.807, 2.05) is 18.2 Å². The molecule has 0 saturated heterocycles. The third-order valence-corrected chi connectivity index (χ3v) is 4.49. The average molecular weight is 389 g/mol. The maximum Gasteiger partial charge on any atom is 0.272 e. The van der Waals surface area contributed by atoms with E-state index in [2.05, 4.69) is 21.9 Å². The van der Waals surface area contributed by atoms with Crippen LogP contribution in [0.15, 0.2) is 72.0 Å². The number of phenols is 1. The van der Waals surface area contributed by atoms with Gasteiger partial charge < -0.3 is 15.8 Å². The van der Waals surface area contributed by atoms with E-state index in [0.29, 0.717) is 11.1 Å². The number of fused-ring (bicyclic) bond motifs is 1. The van der Waals surface area contributed by atoms with Crippen molar-refractivity contribution in [2.24, 2.45) is 11.0 Å². The van der Waals surface area contributed by atoms with Crippen LogP contribution < -0.4 is 11.2 Å². The van der Waals surface area contributed by atoms with Crippen LogP contribution in [0.1, 0.15) is 17.2 Å². The molecule has 0 aliphatic carbocycles. The van der Waals surface area contributed by atoms with Crippen LogP contribution in [-0.2, 0) is 4.79 Å². The molecule has 0 fully saturated rings. The molecule has 5 N–H and O–H groups in total. The molecule has 3 rings (SSSR count). The molecule has 0 saturated carbocycles. The zero-order valence-corrected chi connectivity index (χ0v) is 15.4. The van der Waals surface area contributed by atoms with Crippen molar-refractivity contribution in [2.75, 3.05) is 11.9 Å². The first-order valence-corrected chi connectivity index (χ1v) is 8.65. The number of nitrogens with two attached hydrogens (primary N) is 1. The second-order valence-corrected chi connectivity index (χ2v) is 6.33. The molecule has 2 aromatic rings. The third kappa shape index (κ3) is 4.11.